The zero-order valence-electron chi connectivity index (χ0n) is 49.2. The van der Waals surface area contributed by atoms with Gasteiger partial charge in [0.05, 0.1) is 49.7 Å². The molecule has 0 aliphatic carbocycles. The maximum atomic E-state index is 17.0. The van der Waals surface area contributed by atoms with Gasteiger partial charge in [-0.25, -0.2) is 18.8 Å². The number of nitrogens with zero attached hydrogens (tertiary/aromatic N) is 6. The summed E-state index contributed by atoms with van der Waals surface area (Å²) in [6, 6.07) is 8.03. The van der Waals surface area contributed by atoms with Crippen LogP contribution in [0.5, 0.6) is 0 Å². The van der Waals surface area contributed by atoms with Crippen LogP contribution in [0.4, 0.5) is 18.8 Å². The van der Waals surface area contributed by atoms with E-state index >= 15 is 4.39 Å². The summed E-state index contributed by atoms with van der Waals surface area (Å²) in [5.74, 6) is 0.199. The summed E-state index contributed by atoms with van der Waals surface area (Å²) < 4.78 is 33.4. The van der Waals surface area contributed by atoms with Gasteiger partial charge in [-0.1, -0.05) is 30.7 Å². The Morgan fingerprint density at radius 3 is 1.94 bits per heavy atom. The molecule has 12 unspecified atom stereocenters. The molecule has 83 heavy (non-hydrogen) atoms. The van der Waals surface area contributed by atoms with Crippen molar-refractivity contribution in [1.29, 1.82) is 0 Å². The fraction of sp³-hybridized carbons (Fsp3) is 0.719. The summed E-state index contributed by atoms with van der Waals surface area (Å²) in [5.41, 5.74) is 4.79. The molecule has 12 heterocycles. The monoisotopic (exact) mass is 1150 g/mol. The molecule has 3 spiro atoms. The van der Waals surface area contributed by atoms with Gasteiger partial charge in [0.15, 0.2) is 0 Å². The number of piperidine rings is 3. The number of carbonyl (C=O) groups is 6. The fourth-order valence-corrected chi connectivity index (χ4v) is 18.7. The molecule has 0 radical (unpaired) electrons. The Labute approximate surface area is 488 Å². The number of hydrogen-bond acceptors (Lipinski definition) is 12. The van der Waals surface area contributed by atoms with Gasteiger partial charge in [0.2, 0.25) is 17.7 Å². The molecule has 0 saturated carbocycles. The van der Waals surface area contributed by atoms with Crippen molar-refractivity contribution in [3.8, 4) is 0 Å². The van der Waals surface area contributed by atoms with E-state index in [4.69, 9.17) is 14.2 Å². The van der Waals surface area contributed by atoms with Crippen LogP contribution < -0.4 is 16.0 Å². The first-order valence-corrected chi connectivity index (χ1v) is 32.1. The van der Waals surface area contributed by atoms with Crippen LogP contribution in [-0.2, 0) is 35.0 Å². The van der Waals surface area contributed by atoms with Crippen molar-refractivity contribution in [3.63, 3.8) is 0 Å². The van der Waals surface area contributed by atoms with Gasteiger partial charge in [-0.15, -0.1) is 0 Å². The Kier molecular flexibility index (Phi) is 15.2. The molecule has 9 fully saturated rings. The van der Waals surface area contributed by atoms with Gasteiger partial charge in [0, 0.05) is 136 Å². The van der Waals surface area contributed by atoms with Crippen molar-refractivity contribution in [2.75, 3.05) is 59.1 Å². The van der Waals surface area contributed by atoms with Crippen molar-refractivity contribution in [1.82, 2.24) is 45.3 Å². The van der Waals surface area contributed by atoms with E-state index in [1.165, 1.54) is 11.4 Å². The predicted octanol–water partition coefficient (Wildman–Crippen LogP) is 8.34. The van der Waals surface area contributed by atoms with Crippen LogP contribution in [0.15, 0.2) is 59.3 Å². The molecule has 18 nitrogen and oxygen atoms in total. The number of benzene rings is 1. The molecule has 6 bridgehead atoms. The lowest BCUT2D eigenvalue weighted by molar-refractivity contribution is -0.121. The van der Waals surface area contributed by atoms with E-state index in [0.29, 0.717) is 76.9 Å². The highest BCUT2D eigenvalue weighted by atomic mass is 19.1. The number of amides is 6. The van der Waals surface area contributed by atoms with Gasteiger partial charge >= 0.3 is 18.3 Å². The second-order valence-corrected chi connectivity index (χ2v) is 27.0. The number of carbonyl (C=O) groups excluding carboxylic acids is 6. The van der Waals surface area contributed by atoms with Crippen LogP contribution in [0.1, 0.15) is 166 Å². The molecule has 1 aromatic carbocycles. The van der Waals surface area contributed by atoms with Gasteiger partial charge in [-0.2, -0.15) is 0 Å². The van der Waals surface area contributed by atoms with Crippen LogP contribution in [0, 0.1) is 22.2 Å². The summed E-state index contributed by atoms with van der Waals surface area (Å²) in [5, 5.41) is 10.1. The normalized spacial score (nSPS) is 35.1. The van der Waals surface area contributed by atoms with E-state index < -0.39 is 12.1 Å². The van der Waals surface area contributed by atoms with E-state index in [9.17, 15) is 28.8 Å². The lowest BCUT2D eigenvalue weighted by Gasteiger charge is -2.51. The van der Waals surface area contributed by atoms with Gasteiger partial charge in [0.25, 0.3) is 0 Å². The van der Waals surface area contributed by atoms with Crippen molar-refractivity contribution >= 4 is 36.0 Å². The third kappa shape index (κ3) is 10.2. The van der Waals surface area contributed by atoms with Crippen molar-refractivity contribution in [2.24, 2.45) is 22.2 Å². The molecule has 0 aromatic heterocycles. The van der Waals surface area contributed by atoms with E-state index in [1.807, 2.05) is 23.6 Å². The molecule has 1 aromatic rings. The Morgan fingerprint density at radius 1 is 0.651 bits per heavy atom. The SMILES string of the molecule is CCOC(=O)N1C2C=C(N3CCC4(CC3)CC(=O)NC4CCCC3CN(C4=CC5CCC(C4)N5C(=O)OCC)CCC34CC(=O)NC4Cc3cccc(C4CC5(CCN4C4=C(F)C6CCC(C4)N6C(=O)OCC)CNC(=O)C5)c3)CC1CC2. The standard InChI is InChI=1S/C64H88FN9O9/c1-4-81-59(78)72-43-13-14-44(72)30-48(29-43)69-23-20-63(21-24-69)36-56(76)67-53(63)12-8-11-42-38-70(49-31-45-15-16-46(32-49)73(45)60(79)82-5-2)25-22-64(42)37-57(77)68-54(64)28-40-9-7-10-41(27-40)52-34-62(35-55(75)66-39-62)19-26-71(52)51-33-47-17-18-50(58(51)65)74(47)61(80)83-6-3/h7,9-10,27,29,31,42-47,50,52-54H,4-6,8,11-26,28,30,32-39H2,1-3H3,(H,66,75)(H,67,76)(H,68,77). The van der Waals surface area contributed by atoms with Gasteiger partial charge in [0.1, 0.15) is 5.83 Å². The predicted molar refractivity (Wildman–Crippen MR) is 306 cm³/mol. The summed E-state index contributed by atoms with van der Waals surface area (Å²) >= 11 is 0. The number of halogens is 1. The average molecular weight is 1150 g/mol. The van der Waals surface area contributed by atoms with Crippen molar-refractivity contribution < 1.29 is 47.4 Å². The van der Waals surface area contributed by atoms with Crippen molar-refractivity contribution in [3.05, 3.63) is 70.5 Å². The maximum Gasteiger partial charge on any atom is 0.410 e. The molecule has 450 valence electrons. The molecule has 12 atom stereocenters. The molecular formula is C64H88FN9O9. The van der Waals surface area contributed by atoms with Crippen LogP contribution in [0.2, 0.25) is 0 Å². The molecule has 9 saturated heterocycles. The van der Waals surface area contributed by atoms with Gasteiger partial charge in [-0.3, -0.25) is 29.1 Å². The second kappa shape index (κ2) is 22.4. The Bertz CT molecular complexity index is 2840. The quantitative estimate of drug-likeness (QED) is 0.161. The summed E-state index contributed by atoms with van der Waals surface area (Å²) in [6.07, 6.45) is 19.8. The minimum atomic E-state index is -0.643. The Morgan fingerprint density at radius 2 is 1.28 bits per heavy atom. The minimum absolute atomic E-state index is 0.00464. The van der Waals surface area contributed by atoms with Crippen LogP contribution >= 0.6 is 0 Å². The zero-order chi connectivity index (χ0) is 57.4. The highest BCUT2D eigenvalue weighted by Crippen LogP contribution is 2.54. The molecule has 6 amide bonds. The number of fused-ring (bicyclic) bond motifs is 6. The van der Waals surface area contributed by atoms with E-state index in [1.54, 1.807) is 11.8 Å². The number of ether oxygens (including phenoxy) is 3. The largest absolute Gasteiger partial charge is 0.450 e. The third-order valence-corrected chi connectivity index (χ3v) is 22.7. The molecular weight excluding hydrogens is 1060 g/mol. The number of hydrogen-bond donors (Lipinski definition) is 3. The van der Waals surface area contributed by atoms with Crippen molar-refractivity contribution in [2.45, 2.75) is 210 Å². The first-order valence-electron chi connectivity index (χ1n) is 32.1. The van der Waals surface area contributed by atoms with E-state index in [2.05, 4.69) is 67.1 Å². The lowest BCUT2D eigenvalue weighted by Crippen LogP contribution is -2.54. The van der Waals surface area contributed by atoms with Crippen LogP contribution in [0.3, 0.4) is 0 Å². The smallest absolute Gasteiger partial charge is 0.410 e. The first kappa shape index (κ1) is 56.1. The van der Waals surface area contributed by atoms with E-state index in [-0.39, 0.29) is 113 Å². The fourth-order valence-electron chi connectivity index (χ4n) is 18.7. The third-order valence-electron chi connectivity index (χ3n) is 22.7. The highest BCUT2D eigenvalue weighted by molar-refractivity contribution is 5.81. The number of likely N-dealkylation sites (tertiary alicyclic amines) is 3. The van der Waals surface area contributed by atoms with Gasteiger partial charge in [-0.05, 0) is 140 Å². The topological polar surface area (TPSA) is 186 Å². The molecule has 12 aliphatic rings. The summed E-state index contributed by atoms with van der Waals surface area (Å²) in [7, 11) is 0. The maximum absolute atomic E-state index is 17.0. The lowest BCUT2D eigenvalue weighted by atomic mass is 9.62. The summed E-state index contributed by atoms with van der Waals surface area (Å²) in [6.45, 7) is 11.0. The molecule has 3 N–H and O–H groups in total. The van der Waals surface area contributed by atoms with Crippen LogP contribution in [0.25, 0.3) is 0 Å². The molecule has 19 heteroatoms. The molecule has 13 rings (SSSR count). The van der Waals surface area contributed by atoms with Crippen LogP contribution in [-0.4, -0.2) is 173 Å². The average Bonchev–Trinajstić information content (AvgIpc) is 3.53. The highest BCUT2D eigenvalue weighted by Gasteiger charge is 2.56. The Balaban J connectivity index is 0.749. The number of rotatable bonds is 13. The van der Waals surface area contributed by atoms with Gasteiger partial charge < -0.3 is 44.9 Å². The Hall–Kier alpha value is -6.01. The number of nitrogens with one attached hydrogen (secondary N) is 3. The minimum Gasteiger partial charge on any atom is -0.450 e. The zero-order valence-corrected chi connectivity index (χ0v) is 49.2. The summed E-state index contributed by atoms with van der Waals surface area (Å²) in [4.78, 5) is 92.7. The van der Waals surface area contributed by atoms with E-state index in [0.717, 1.165) is 127 Å². The second-order valence-electron chi connectivity index (χ2n) is 27.0. The first-order chi connectivity index (χ1) is 40.2. The molecule has 12 aliphatic heterocycles.